The second-order valence-corrected chi connectivity index (χ2v) is 7.01. The van der Waals surface area contributed by atoms with Gasteiger partial charge in [0.25, 0.3) is 0 Å². The van der Waals surface area contributed by atoms with Gasteiger partial charge >= 0.3 is 5.97 Å². The van der Waals surface area contributed by atoms with Gasteiger partial charge in [-0.3, -0.25) is 9.78 Å². The number of nitrogens with zero attached hydrogens (tertiary/aromatic N) is 4. The molecule has 3 rings (SSSR count). The van der Waals surface area contributed by atoms with Crippen molar-refractivity contribution in [3.63, 3.8) is 0 Å². The van der Waals surface area contributed by atoms with E-state index in [-0.39, 0.29) is 23.9 Å². The molecule has 0 unspecified atom stereocenters. The molecule has 2 heterocycles. The molecule has 0 spiro atoms. The van der Waals surface area contributed by atoms with Gasteiger partial charge < -0.3 is 10.4 Å². The molecule has 1 atom stereocenters. The number of carboxylic acids is 1. The molecular weight excluding hydrogens is 366 g/mol. The van der Waals surface area contributed by atoms with E-state index in [1.807, 2.05) is 13.1 Å². The van der Waals surface area contributed by atoms with E-state index in [9.17, 15) is 14.7 Å². The van der Waals surface area contributed by atoms with Gasteiger partial charge in [-0.15, -0.1) is 16.4 Å². The van der Waals surface area contributed by atoms with Crippen molar-refractivity contribution in [2.75, 3.05) is 0 Å². The van der Waals surface area contributed by atoms with Crippen molar-refractivity contribution in [2.24, 2.45) is 0 Å². The van der Waals surface area contributed by atoms with Crippen molar-refractivity contribution in [2.45, 2.75) is 32.4 Å². The Kier molecular flexibility index (Phi) is 5.92. The highest BCUT2D eigenvalue weighted by atomic mass is 32.1. The highest BCUT2D eigenvalue weighted by molar-refractivity contribution is 7.13. The van der Waals surface area contributed by atoms with Gasteiger partial charge in [0.05, 0.1) is 28.7 Å². The minimum absolute atomic E-state index is 0.134. The Morgan fingerprint density at radius 2 is 2.15 bits per heavy atom. The van der Waals surface area contributed by atoms with E-state index in [2.05, 4.69) is 20.6 Å². The van der Waals surface area contributed by atoms with Gasteiger partial charge in [-0.2, -0.15) is 0 Å². The normalized spacial score (nSPS) is 11.9. The number of carbonyl (C=O) groups excluding carboxylic acids is 1. The summed E-state index contributed by atoms with van der Waals surface area (Å²) in [6.45, 7) is 2.38. The Hall–Kier alpha value is -3.07. The summed E-state index contributed by atoms with van der Waals surface area (Å²) in [7, 11) is 0. The number of hydrogen-bond acceptors (Lipinski definition) is 6. The zero-order valence-electron chi connectivity index (χ0n) is 14.7. The minimum atomic E-state index is -0.984. The number of aromatic carboxylic acids is 1. The van der Waals surface area contributed by atoms with Crippen LogP contribution < -0.4 is 5.32 Å². The van der Waals surface area contributed by atoms with Crippen molar-refractivity contribution < 1.29 is 14.7 Å². The SMILES string of the molecule is C[C@H](Cn1cc(-c2cncs2)nn1)NC(=O)CCc1ccccc1C(=O)O. The first-order valence-electron chi connectivity index (χ1n) is 8.42. The van der Waals surface area contributed by atoms with Crippen LogP contribution in [0, 0.1) is 0 Å². The van der Waals surface area contributed by atoms with Gasteiger partial charge in [-0.05, 0) is 25.0 Å². The number of carboxylic acid groups (broad SMARTS) is 1. The molecule has 0 aliphatic carbocycles. The predicted octanol–water partition coefficient (Wildman–Crippen LogP) is 2.24. The molecule has 9 heteroatoms. The van der Waals surface area contributed by atoms with Crippen LogP contribution in [0.15, 0.2) is 42.2 Å². The number of thiazole rings is 1. The summed E-state index contributed by atoms with van der Waals surface area (Å²) in [6, 6.07) is 6.59. The van der Waals surface area contributed by atoms with Crippen molar-refractivity contribution in [3.8, 4) is 10.6 Å². The molecule has 1 amide bonds. The van der Waals surface area contributed by atoms with Crippen LogP contribution in [0.1, 0.15) is 29.3 Å². The van der Waals surface area contributed by atoms with E-state index >= 15 is 0 Å². The van der Waals surface area contributed by atoms with Gasteiger partial charge in [0.1, 0.15) is 5.69 Å². The van der Waals surface area contributed by atoms with E-state index in [0.29, 0.717) is 18.5 Å². The molecule has 0 saturated heterocycles. The number of aryl methyl sites for hydroxylation is 1. The maximum atomic E-state index is 12.2. The lowest BCUT2D eigenvalue weighted by molar-refractivity contribution is -0.121. The summed E-state index contributed by atoms with van der Waals surface area (Å²) in [4.78, 5) is 28.4. The molecule has 0 saturated carbocycles. The Bertz CT molecular complexity index is 923. The average molecular weight is 385 g/mol. The van der Waals surface area contributed by atoms with E-state index in [1.165, 1.54) is 11.3 Å². The quantitative estimate of drug-likeness (QED) is 0.615. The van der Waals surface area contributed by atoms with Crippen LogP contribution >= 0.6 is 11.3 Å². The fourth-order valence-electron chi connectivity index (χ4n) is 2.71. The Morgan fingerprint density at radius 1 is 1.33 bits per heavy atom. The first kappa shape index (κ1) is 18.7. The zero-order chi connectivity index (χ0) is 19.2. The molecule has 0 aliphatic heterocycles. The Balaban J connectivity index is 1.50. The van der Waals surface area contributed by atoms with Crippen molar-refractivity contribution >= 4 is 23.2 Å². The van der Waals surface area contributed by atoms with Crippen LogP contribution in [0.2, 0.25) is 0 Å². The van der Waals surface area contributed by atoms with Gasteiger partial charge in [0, 0.05) is 18.7 Å². The van der Waals surface area contributed by atoms with Gasteiger partial charge in [-0.1, -0.05) is 23.4 Å². The summed E-state index contributed by atoms with van der Waals surface area (Å²) >= 11 is 1.49. The number of carbonyl (C=O) groups is 2. The third-order valence-electron chi connectivity index (χ3n) is 3.96. The third-order valence-corrected chi connectivity index (χ3v) is 4.76. The van der Waals surface area contributed by atoms with Crippen molar-refractivity contribution in [3.05, 3.63) is 53.3 Å². The minimum Gasteiger partial charge on any atom is -0.478 e. The van der Waals surface area contributed by atoms with E-state index in [1.54, 1.807) is 40.7 Å². The lowest BCUT2D eigenvalue weighted by atomic mass is 10.0. The summed E-state index contributed by atoms with van der Waals surface area (Å²) in [5.41, 5.74) is 3.37. The molecule has 0 bridgehead atoms. The molecule has 8 nitrogen and oxygen atoms in total. The predicted molar refractivity (Wildman–Crippen MR) is 100 cm³/mol. The van der Waals surface area contributed by atoms with Gasteiger partial charge in [0.2, 0.25) is 5.91 Å². The molecule has 27 heavy (non-hydrogen) atoms. The molecule has 1 aromatic carbocycles. The van der Waals surface area contributed by atoms with E-state index < -0.39 is 5.97 Å². The molecule has 140 valence electrons. The van der Waals surface area contributed by atoms with Crippen molar-refractivity contribution in [1.82, 2.24) is 25.3 Å². The number of aromatic nitrogens is 4. The van der Waals surface area contributed by atoms with Crippen LogP contribution in [-0.2, 0) is 17.8 Å². The average Bonchev–Trinajstić information content (AvgIpc) is 3.31. The van der Waals surface area contributed by atoms with E-state index in [4.69, 9.17) is 0 Å². The lowest BCUT2D eigenvalue weighted by Gasteiger charge is -2.14. The van der Waals surface area contributed by atoms with Crippen LogP contribution in [0.25, 0.3) is 10.6 Å². The second-order valence-electron chi connectivity index (χ2n) is 6.12. The fourth-order valence-corrected chi connectivity index (χ4v) is 3.28. The van der Waals surface area contributed by atoms with Crippen LogP contribution in [0.4, 0.5) is 0 Å². The first-order valence-corrected chi connectivity index (χ1v) is 9.30. The molecule has 2 N–H and O–H groups in total. The summed E-state index contributed by atoms with van der Waals surface area (Å²) < 4.78 is 1.68. The highest BCUT2D eigenvalue weighted by Gasteiger charge is 2.13. The van der Waals surface area contributed by atoms with Gasteiger partial charge in [-0.25, -0.2) is 9.48 Å². The number of rotatable bonds is 8. The molecule has 0 aliphatic rings. The van der Waals surface area contributed by atoms with Crippen LogP contribution in [0.3, 0.4) is 0 Å². The highest BCUT2D eigenvalue weighted by Crippen LogP contribution is 2.19. The fraction of sp³-hybridized carbons (Fsp3) is 0.278. The Morgan fingerprint density at radius 3 is 2.89 bits per heavy atom. The molecular formula is C18H19N5O3S. The van der Waals surface area contributed by atoms with Gasteiger partial charge in [0.15, 0.2) is 0 Å². The Labute approximate surface area is 159 Å². The summed E-state index contributed by atoms with van der Waals surface area (Å²) in [5.74, 6) is -1.12. The number of nitrogens with one attached hydrogen (secondary N) is 1. The summed E-state index contributed by atoms with van der Waals surface area (Å²) in [5, 5.41) is 20.3. The second kappa shape index (κ2) is 8.54. The third kappa shape index (κ3) is 4.98. The topological polar surface area (TPSA) is 110 Å². The first-order chi connectivity index (χ1) is 13.0. The van der Waals surface area contributed by atoms with Crippen molar-refractivity contribution in [1.29, 1.82) is 0 Å². The van der Waals surface area contributed by atoms with E-state index in [0.717, 1.165) is 10.6 Å². The zero-order valence-corrected chi connectivity index (χ0v) is 15.5. The van der Waals surface area contributed by atoms with Crippen LogP contribution in [-0.4, -0.2) is 43.0 Å². The summed E-state index contributed by atoms with van der Waals surface area (Å²) in [6.07, 6.45) is 4.15. The smallest absolute Gasteiger partial charge is 0.335 e. The monoisotopic (exact) mass is 385 g/mol. The number of amides is 1. The molecule has 0 radical (unpaired) electrons. The standard InChI is InChI=1S/C18H19N5O3S/c1-12(9-23-10-15(21-22-23)16-8-19-11-27-16)20-17(24)7-6-13-4-2-3-5-14(13)18(25)26/h2-5,8,10-12H,6-7,9H2,1H3,(H,20,24)(H,25,26)/t12-/m1/s1. The maximum Gasteiger partial charge on any atom is 0.335 e. The van der Waals surface area contributed by atoms with Crippen LogP contribution in [0.5, 0.6) is 0 Å². The molecule has 2 aromatic heterocycles. The number of hydrogen-bond donors (Lipinski definition) is 2. The largest absolute Gasteiger partial charge is 0.478 e. The lowest BCUT2D eigenvalue weighted by Crippen LogP contribution is -2.36. The maximum absolute atomic E-state index is 12.2. The number of benzene rings is 1. The molecule has 0 fully saturated rings. The molecule has 3 aromatic rings.